The number of carbonyl (C=O) groups excluding carboxylic acids is 2. The highest BCUT2D eigenvalue weighted by molar-refractivity contribution is 5.98. The van der Waals surface area contributed by atoms with Gasteiger partial charge in [0.05, 0.1) is 6.61 Å². The highest BCUT2D eigenvalue weighted by Crippen LogP contribution is 2.19. The molecule has 1 heterocycles. The summed E-state index contributed by atoms with van der Waals surface area (Å²) in [7, 11) is 0. The minimum Gasteiger partial charge on any atom is -0.489 e. The summed E-state index contributed by atoms with van der Waals surface area (Å²) < 4.78 is 16.3. The van der Waals surface area contributed by atoms with Gasteiger partial charge >= 0.3 is 5.97 Å². The number of amides is 1. The molecule has 0 aliphatic rings. The van der Waals surface area contributed by atoms with Gasteiger partial charge in [-0.1, -0.05) is 30.3 Å². The molecule has 3 aromatic rings. The van der Waals surface area contributed by atoms with Gasteiger partial charge in [-0.3, -0.25) is 4.79 Å². The molecule has 1 amide bonds. The van der Waals surface area contributed by atoms with E-state index < -0.39 is 18.0 Å². The number of ether oxygens (including phenoxy) is 3. The standard InChI is InChI=1S/C24H24N2O5/c1-3-29-23-21(10-7-15-25-23)24(28)31-17(2)22(27)26-19-11-13-20(14-12-19)30-16-18-8-5-4-6-9-18/h4-15,17H,3,16H2,1-2H3,(H,26,27). The lowest BCUT2D eigenvalue weighted by Crippen LogP contribution is -2.30. The summed E-state index contributed by atoms with van der Waals surface area (Å²) in [5.41, 5.74) is 1.80. The molecule has 3 rings (SSSR count). The van der Waals surface area contributed by atoms with Crippen molar-refractivity contribution in [3.63, 3.8) is 0 Å². The molecule has 2 aromatic carbocycles. The number of anilines is 1. The van der Waals surface area contributed by atoms with E-state index in [1.54, 1.807) is 43.3 Å². The summed E-state index contributed by atoms with van der Waals surface area (Å²) in [6.45, 7) is 4.11. The molecular formula is C24H24N2O5. The Hall–Kier alpha value is -3.87. The van der Waals surface area contributed by atoms with Gasteiger partial charge < -0.3 is 19.5 Å². The summed E-state index contributed by atoms with van der Waals surface area (Å²) in [5, 5.41) is 2.72. The number of pyridine rings is 1. The molecule has 0 fully saturated rings. The zero-order valence-corrected chi connectivity index (χ0v) is 17.4. The van der Waals surface area contributed by atoms with E-state index in [0.29, 0.717) is 24.7 Å². The predicted octanol–water partition coefficient (Wildman–Crippen LogP) is 4.24. The van der Waals surface area contributed by atoms with Crippen LogP contribution in [-0.2, 0) is 16.1 Å². The van der Waals surface area contributed by atoms with Gasteiger partial charge in [0.15, 0.2) is 6.10 Å². The number of hydrogen-bond donors (Lipinski definition) is 1. The number of nitrogens with zero attached hydrogens (tertiary/aromatic N) is 1. The number of benzene rings is 2. The molecule has 0 spiro atoms. The van der Waals surface area contributed by atoms with E-state index in [9.17, 15) is 9.59 Å². The van der Waals surface area contributed by atoms with Crippen molar-refractivity contribution in [3.05, 3.63) is 84.1 Å². The molecule has 0 aliphatic heterocycles. The average Bonchev–Trinajstić information content (AvgIpc) is 2.80. The van der Waals surface area contributed by atoms with Crippen molar-refractivity contribution in [2.45, 2.75) is 26.6 Å². The Morgan fingerprint density at radius 1 is 0.968 bits per heavy atom. The van der Waals surface area contributed by atoms with Gasteiger partial charge in [-0.05, 0) is 55.8 Å². The second kappa shape index (κ2) is 10.8. The lowest BCUT2D eigenvalue weighted by Gasteiger charge is -2.15. The molecule has 0 saturated heterocycles. The van der Waals surface area contributed by atoms with Crippen LogP contribution in [0.15, 0.2) is 72.9 Å². The predicted molar refractivity (Wildman–Crippen MR) is 116 cm³/mol. The summed E-state index contributed by atoms with van der Waals surface area (Å²) >= 11 is 0. The second-order valence-electron chi connectivity index (χ2n) is 6.62. The minimum absolute atomic E-state index is 0.170. The number of carbonyl (C=O) groups is 2. The highest BCUT2D eigenvalue weighted by atomic mass is 16.6. The van der Waals surface area contributed by atoms with Crippen molar-refractivity contribution in [3.8, 4) is 11.6 Å². The lowest BCUT2D eigenvalue weighted by molar-refractivity contribution is -0.123. The topological polar surface area (TPSA) is 86.8 Å². The summed E-state index contributed by atoms with van der Waals surface area (Å²) in [6, 6.07) is 20.0. The zero-order chi connectivity index (χ0) is 22.1. The van der Waals surface area contributed by atoms with Gasteiger partial charge in [-0.25, -0.2) is 9.78 Å². The fourth-order valence-corrected chi connectivity index (χ4v) is 2.69. The maximum Gasteiger partial charge on any atom is 0.344 e. The first-order valence-corrected chi connectivity index (χ1v) is 9.93. The van der Waals surface area contributed by atoms with Crippen molar-refractivity contribution < 1.29 is 23.8 Å². The zero-order valence-electron chi connectivity index (χ0n) is 17.4. The molecule has 0 bridgehead atoms. The number of aromatic nitrogens is 1. The van der Waals surface area contributed by atoms with Crippen LogP contribution in [0.5, 0.6) is 11.6 Å². The molecule has 31 heavy (non-hydrogen) atoms. The van der Waals surface area contributed by atoms with Crippen LogP contribution in [0.4, 0.5) is 5.69 Å². The first-order chi connectivity index (χ1) is 15.1. The maximum absolute atomic E-state index is 12.4. The Bertz CT molecular complexity index is 1010. The summed E-state index contributed by atoms with van der Waals surface area (Å²) in [5.74, 6) is -0.271. The smallest absolute Gasteiger partial charge is 0.344 e. The Labute approximate surface area is 181 Å². The van der Waals surface area contributed by atoms with Crippen molar-refractivity contribution >= 4 is 17.6 Å². The van der Waals surface area contributed by atoms with Crippen LogP contribution >= 0.6 is 0 Å². The normalized spacial score (nSPS) is 11.3. The van der Waals surface area contributed by atoms with E-state index in [4.69, 9.17) is 14.2 Å². The van der Waals surface area contributed by atoms with Crippen LogP contribution in [0.3, 0.4) is 0 Å². The molecule has 1 N–H and O–H groups in total. The van der Waals surface area contributed by atoms with E-state index in [1.165, 1.54) is 13.1 Å². The molecule has 7 nitrogen and oxygen atoms in total. The number of rotatable bonds is 9. The molecule has 160 valence electrons. The monoisotopic (exact) mass is 420 g/mol. The van der Waals surface area contributed by atoms with Crippen LogP contribution in [-0.4, -0.2) is 29.6 Å². The summed E-state index contributed by atoms with van der Waals surface area (Å²) in [6.07, 6.45) is 0.515. The SMILES string of the molecule is CCOc1ncccc1C(=O)OC(C)C(=O)Nc1ccc(OCc2ccccc2)cc1. The maximum atomic E-state index is 12.4. The molecule has 1 atom stereocenters. The third kappa shape index (κ3) is 6.30. The Morgan fingerprint density at radius 3 is 2.42 bits per heavy atom. The van der Waals surface area contributed by atoms with Crippen LogP contribution in [0, 0.1) is 0 Å². The van der Waals surface area contributed by atoms with E-state index >= 15 is 0 Å². The van der Waals surface area contributed by atoms with Crippen molar-refractivity contribution in [1.29, 1.82) is 0 Å². The van der Waals surface area contributed by atoms with Crippen LogP contribution in [0.2, 0.25) is 0 Å². The largest absolute Gasteiger partial charge is 0.489 e. The van der Waals surface area contributed by atoms with Gasteiger partial charge in [-0.15, -0.1) is 0 Å². The third-order valence-corrected chi connectivity index (χ3v) is 4.30. The molecule has 0 saturated carbocycles. The van der Waals surface area contributed by atoms with Gasteiger partial charge in [0.25, 0.3) is 5.91 Å². The van der Waals surface area contributed by atoms with Crippen LogP contribution in [0.25, 0.3) is 0 Å². The summed E-state index contributed by atoms with van der Waals surface area (Å²) in [4.78, 5) is 28.8. The van der Waals surface area contributed by atoms with Crippen molar-refractivity contribution in [2.24, 2.45) is 0 Å². The third-order valence-electron chi connectivity index (χ3n) is 4.30. The van der Waals surface area contributed by atoms with Crippen LogP contribution < -0.4 is 14.8 Å². The highest BCUT2D eigenvalue weighted by Gasteiger charge is 2.22. The van der Waals surface area contributed by atoms with Gasteiger partial charge in [0.1, 0.15) is 17.9 Å². The van der Waals surface area contributed by atoms with E-state index in [0.717, 1.165) is 5.56 Å². The van der Waals surface area contributed by atoms with Gasteiger partial charge in [-0.2, -0.15) is 0 Å². The van der Waals surface area contributed by atoms with Crippen molar-refractivity contribution in [2.75, 3.05) is 11.9 Å². The molecule has 7 heteroatoms. The van der Waals surface area contributed by atoms with Crippen LogP contribution in [0.1, 0.15) is 29.8 Å². The number of hydrogen-bond acceptors (Lipinski definition) is 6. The molecule has 1 aromatic heterocycles. The minimum atomic E-state index is -1.00. The van der Waals surface area contributed by atoms with E-state index in [-0.39, 0.29) is 11.4 Å². The average molecular weight is 420 g/mol. The number of nitrogens with one attached hydrogen (secondary N) is 1. The molecule has 1 unspecified atom stereocenters. The first kappa shape index (κ1) is 21.8. The van der Waals surface area contributed by atoms with E-state index in [1.807, 2.05) is 30.3 Å². The molecule has 0 aliphatic carbocycles. The van der Waals surface area contributed by atoms with E-state index in [2.05, 4.69) is 10.3 Å². The Balaban J connectivity index is 1.53. The fourth-order valence-electron chi connectivity index (χ4n) is 2.69. The molecule has 0 radical (unpaired) electrons. The Morgan fingerprint density at radius 2 is 1.71 bits per heavy atom. The first-order valence-electron chi connectivity index (χ1n) is 9.93. The second-order valence-corrected chi connectivity index (χ2v) is 6.62. The van der Waals surface area contributed by atoms with Crippen molar-refractivity contribution in [1.82, 2.24) is 4.98 Å². The molecular weight excluding hydrogens is 396 g/mol. The van der Waals surface area contributed by atoms with Gasteiger partial charge in [0.2, 0.25) is 5.88 Å². The number of esters is 1. The van der Waals surface area contributed by atoms with Gasteiger partial charge in [0, 0.05) is 11.9 Å². The fraction of sp³-hybridized carbons (Fsp3) is 0.208. The quantitative estimate of drug-likeness (QED) is 0.521. The lowest BCUT2D eigenvalue weighted by atomic mass is 10.2. The Kier molecular flexibility index (Phi) is 7.59.